The van der Waals surface area contributed by atoms with Crippen LogP contribution in [-0.2, 0) is 11.3 Å². The topological polar surface area (TPSA) is 126 Å². The average Bonchev–Trinajstić information content (AvgIpc) is 2.69. The second-order valence-corrected chi connectivity index (χ2v) is 7.09. The molecule has 1 aliphatic carbocycles. The molecule has 0 saturated heterocycles. The van der Waals surface area contributed by atoms with E-state index in [1.165, 1.54) is 23.3 Å². The van der Waals surface area contributed by atoms with Gasteiger partial charge in [-0.3, -0.25) is 23.9 Å². The average molecular weight is 387 g/mol. The Hall–Kier alpha value is -2.97. The first-order valence-corrected chi connectivity index (χ1v) is 9.70. The number of aromatic nitrogens is 3. The molecule has 0 aromatic carbocycles. The van der Waals surface area contributed by atoms with E-state index < -0.39 is 17.2 Å². The summed E-state index contributed by atoms with van der Waals surface area (Å²) < 4.78 is 1.37. The van der Waals surface area contributed by atoms with Crippen LogP contribution < -0.4 is 21.9 Å². The number of pyridine rings is 1. The zero-order valence-corrected chi connectivity index (χ0v) is 15.9. The molecule has 3 rings (SSSR count). The smallest absolute Gasteiger partial charge is 0.329 e. The standard InChI is InChI=1S/C19H25N5O4/c1-2-8-24-16-14(18(27)23-19(24)28)9-12(10-20-16)17(26)21-11-15(25)22-13-6-4-3-5-7-13/h9-10,13H,2-8,11H2,1H3,(H,21,26)(H,22,25)(H,23,27,28). The molecule has 1 aliphatic rings. The second-order valence-electron chi connectivity index (χ2n) is 7.09. The Bertz CT molecular complexity index is 988. The third kappa shape index (κ3) is 4.47. The van der Waals surface area contributed by atoms with Gasteiger partial charge < -0.3 is 10.6 Å². The van der Waals surface area contributed by atoms with Crippen molar-refractivity contribution in [2.45, 2.75) is 58.0 Å². The molecule has 0 aliphatic heterocycles. The van der Waals surface area contributed by atoms with E-state index in [0.29, 0.717) is 13.0 Å². The molecule has 1 fully saturated rings. The molecule has 0 spiro atoms. The van der Waals surface area contributed by atoms with Gasteiger partial charge in [-0.05, 0) is 25.3 Å². The highest BCUT2D eigenvalue weighted by Crippen LogP contribution is 2.17. The van der Waals surface area contributed by atoms with E-state index in [4.69, 9.17) is 0 Å². The number of nitrogens with one attached hydrogen (secondary N) is 3. The number of hydrogen-bond acceptors (Lipinski definition) is 5. The lowest BCUT2D eigenvalue weighted by Gasteiger charge is -2.22. The Morgan fingerprint density at radius 2 is 2.00 bits per heavy atom. The number of rotatable bonds is 6. The van der Waals surface area contributed by atoms with Crippen molar-refractivity contribution in [3.8, 4) is 0 Å². The number of carbonyl (C=O) groups excluding carboxylic acids is 2. The monoisotopic (exact) mass is 387 g/mol. The van der Waals surface area contributed by atoms with Crippen molar-refractivity contribution in [3.05, 3.63) is 38.7 Å². The highest BCUT2D eigenvalue weighted by molar-refractivity contribution is 5.98. The summed E-state index contributed by atoms with van der Waals surface area (Å²) in [5.74, 6) is -0.732. The SMILES string of the molecule is CCCn1c(=O)[nH]c(=O)c2cc(C(=O)NCC(=O)NC3CCCCC3)cnc21. The molecule has 2 aromatic heterocycles. The first kappa shape index (κ1) is 19.8. The molecular weight excluding hydrogens is 362 g/mol. The van der Waals surface area contributed by atoms with Gasteiger partial charge in [0.2, 0.25) is 5.91 Å². The van der Waals surface area contributed by atoms with Crippen LogP contribution in [0.1, 0.15) is 55.8 Å². The van der Waals surface area contributed by atoms with Gasteiger partial charge in [-0.2, -0.15) is 0 Å². The highest BCUT2D eigenvalue weighted by atomic mass is 16.2. The molecule has 3 N–H and O–H groups in total. The molecule has 9 nitrogen and oxygen atoms in total. The van der Waals surface area contributed by atoms with Crippen LogP contribution in [0, 0.1) is 0 Å². The number of carbonyl (C=O) groups is 2. The van der Waals surface area contributed by atoms with E-state index in [2.05, 4.69) is 20.6 Å². The fraction of sp³-hybridized carbons (Fsp3) is 0.526. The van der Waals surface area contributed by atoms with Crippen molar-refractivity contribution in [1.82, 2.24) is 25.2 Å². The Morgan fingerprint density at radius 1 is 1.25 bits per heavy atom. The minimum absolute atomic E-state index is 0.140. The normalized spacial score (nSPS) is 14.8. The van der Waals surface area contributed by atoms with Crippen LogP contribution in [0.4, 0.5) is 0 Å². The number of aromatic amines is 1. The molecule has 150 valence electrons. The summed E-state index contributed by atoms with van der Waals surface area (Å²) in [4.78, 5) is 54.8. The number of hydrogen-bond donors (Lipinski definition) is 3. The van der Waals surface area contributed by atoms with Crippen molar-refractivity contribution >= 4 is 22.8 Å². The molecule has 9 heteroatoms. The third-order valence-corrected chi connectivity index (χ3v) is 4.92. The zero-order valence-electron chi connectivity index (χ0n) is 15.9. The van der Waals surface area contributed by atoms with Crippen LogP contribution in [-0.4, -0.2) is 38.9 Å². The van der Waals surface area contributed by atoms with Gasteiger partial charge in [-0.15, -0.1) is 0 Å². The molecule has 1 saturated carbocycles. The predicted octanol–water partition coefficient (Wildman–Crippen LogP) is 0.674. The van der Waals surface area contributed by atoms with Crippen LogP contribution in [0.2, 0.25) is 0 Å². The Kier molecular flexibility index (Phi) is 6.23. The fourth-order valence-electron chi connectivity index (χ4n) is 3.51. The minimum Gasteiger partial charge on any atom is -0.352 e. The van der Waals surface area contributed by atoms with Gasteiger partial charge in [0, 0.05) is 18.8 Å². The van der Waals surface area contributed by atoms with Crippen LogP contribution in [0.25, 0.3) is 11.0 Å². The molecule has 28 heavy (non-hydrogen) atoms. The minimum atomic E-state index is -0.593. The first-order valence-electron chi connectivity index (χ1n) is 9.70. The number of amides is 2. The largest absolute Gasteiger partial charge is 0.352 e. The molecular formula is C19H25N5O4. The number of H-pyrrole nitrogens is 1. The van der Waals surface area contributed by atoms with Crippen molar-refractivity contribution in [2.75, 3.05) is 6.54 Å². The Morgan fingerprint density at radius 3 is 2.71 bits per heavy atom. The number of aryl methyl sites for hydroxylation is 1. The summed E-state index contributed by atoms with van der Waals surface area (Å²) in [6.07, 6.45) is 7.36. The quantitative estimate of drug-likeness (QED) is 0.672. The van der Waals surface area contributed by atoms with Gasteiger partial charge in [-0.1, -0.05) is 26.2 Å². The summed E-state index contributed by atoms with van der Waals surface area (Å²) in [7, 11) is 0. The lowest BCUT2D eigenvalue weighted by molar-refractivity contribution is -0.121. The van der Waals surface area contributed by atoms with Crippen LogP contribution in [0.5, 0.6) is 0 Å². The Labute approximate surface area is 161 Å². The van der Waals surface area contributed by atoms with Crippen LogP contribution in [0.15, 0.2) is 21.9 Å². The van der Waals surface area contributed by atoms with Gasteiger partial charge in [0.05, 0.1) is 17.5 Å². The van der Waals surface area contributed by atoms with Crippen molar-refractivity contribution in [3.63, 3.8) is 0 Å². The van der Waals surface area contributed by atoms with E-state index >= 15 is 0 Å². The second kappa shape index (κ2) is 8.81. The van der Waals surface area contributed by atoms with Crippen LogP contribution in [0.3, 0.4) is 0 Å². The number of nitrogens with zero attached hydrogens (tertiary/aromatic N) is 2. The fourth-order valence-corrected chi connectivity index (χ4v) is 3.51. The van der Waals surface area contributed by atoms with E-state index in [-0.39, 0.29) is 35.1 Å². The first-order chi connectivity index (χ1) is 13.5. The van der Waals surface area contributed by atoms with E-state index in [9.17, 15) is 19.2 Å². The third-order valence-electron chi connectivity index (χ3n) is 4.92. The molecule has 0 atom stereocenters. The zero-order chi connectivity index (χ0) is 20.1. The van der Waals surface area contributed by atoms with Gasteiger partial charge in [0.1, 0.15) is 5.65 Å². The van der Waals surface area contributed by atoms with Crippen molar-refractivity contribution in [2.24, 2.45) is 0 Å². The summed E-state index contributed by atoms with van der Waals surface area (Å²) in [6, 6.07) is 1.57. The molecule has 2 aromatic rings. The molecule has 2 amide bonds. The predicted molar refractivity (Wildman–Crippen MR) is 104 cm³/mol. The maximum absolute atomic E-state index is 12.4. The van der Waals surface area contributed by atoms with Gasteiger partial charge in [0.25, 0.3) is 11.5 Å². The van der Waals surface area contributed by atoms with Crippen molar-refractivity contribution < 1.29 is 9.59 Å². The van der Waals surface area contributed by atoms with E-state index in [0.717, 1.165) is 25.7 Å². The van der Waals surface area contributed by atoms with Crippen LogP contribution >= 0.6 is 0 Å². The maximum Gasteiger partial charge on any atom is 0.329 e. The van der Waals surface area contributed by atoms with E-state index in [1.54, 1.807) is 0 Å². The summed E-state index contributed by atoms with van der Waals surface area (Å²) >= 11 is 0. The summed E-state index contributed by atoms with van der Waals surface area (Å²) in [5.41, 5.74) is -0.722. The highest BCUT2D eigenvalue weighted by Gasteiger charge is 2.17. The lowest BCUT2D eigenvalue weighted by Crippen LogP contribution is -2.42. The molecule has 0 bridgehead atoms. The molecule has 2 heterocycles. The van der Waals surface area contributed by atoms with Gasteiger partial charge >= 0.3 is 5.69 Å². The van der Waals surface area contributed by atoms with Gasteiger partial charge in [-0.25, -0.2) is 9.78 Å². The summed E-state index contributed by atoms with van der Waals surface area (Å²) in [6.45, 7) is 2.18. The summed E-state index contributed by atoms with van der Waals surface area (Å²) in [5, 5.41) is 5.64. The lowest BCUT2D eigenvalue weighted by atomic mass is 9.95. The molecule has 0 radical (unpaired) electrons. The Balaban J connectivity index is 1.70. The van der Waals surface area contributed by atoms with E-state index in [1.807, 2.05) is 6.92 Å². The maximum atomic E-state index is 12.4. The van der Waals surface area contributed by atoms with Gasteiger partial charge in [0.15, 0.2) is 0 Å². The van der Waals surface area contributed by atoms with Crippen molar-refractivity contribution in [1.29, 1.82) is 0 Å². The molecule has 0 unspecified atom stereocenters. The number of fused-ring (bicyclic) bond motifs is 1.